The normalized spacial score (nSPS) is 11.1. The average Bonchev–Trinajstić information content (AvgIpc) is 3.02. The SMILES string of the molecule is CCCCN(C)Cc1cn[nH]c1-c1ccc(OCCOC)cc1. The molecule has 1 aromatic carbocycles. The lowest BCUT2D eigenvalue weighted by Crippen LogP contribution is -2.19. The van der Waals surface area contributed by atoms with Gasteiger partial charge in [0.2, 0.25) is 0 Å². The van der Waals surface area contributed by atoms with Crippen LogP contribution in [0.25, 0.3) is 11.3 Å². The predicted octanol–water partition coefficient (Wildman–Crippen LogP) is 3.33. The molecule has 0 unspecified atom stereocenters. The monoisotopic (exact) mass is 317 g/mol. The smallest absolute Gasteiger partial charge is 0.119 e. The molecule has 0 amide bonds. The Kier molecular flexibility index (Phi) is 7.10. The number of aromatic nitrogens is 2. The van der Waals surface area contributed by atoms with Gasteiger partial charge in [-0.1, -0.05) is 13.3 Å². The number of ether oxygens (including phenoxy) is 2. The summed E-state index contributed by atoms with van der Waals surface area (Å²) in [7, 11) is 3.82. The molecule has 23 heavy (non-hydrogen) atoms. The zero-order valence-electron chi connectivity index (χ0n) is 14.3. The highest BCUT2D eigenvalue weighted by molar-refractivity contribution is 5.63. The van der Waals surface area contributed by atoms with E-state index in [2.05, 4.69) is 41.2 Å². The molecule has 0 aliphatic carbocycles. The van der Waals surface area contributed by atoms with Gasteiger partial charge in [0.15, 0.2) is 0 Å². The van der Waals surface area contributed by atoms with Crippen molar-refractivity contribution in [3.8, 4) is 17.0 Å². The van der Waals surface area contributed by atoms with E-state index in [1.54, 1.807) is 7.11 Å². The molecule has 0 atom stereocenters. The summed E-state index contributed by atoms with van der Waals surface area (Å²) in [5, 5.41) is 7.33. The molecule has 0 saturated heterocycles. The fourth-order valence-electron chi connectivity index (χ4n) is 2.44. The molecule has 0 aliphatic heterocycles. The number of unbranched alkanes of at least 4 members (excludes halogenated alkanes) is 1. The van der Waals surface area contributed by atoms with Crippen molar-refractivity contribution < 1.29 is 9.47 Å². The lowest BCUT2D eigenvalue weighted by atomic mass is 10.1. The predicted molar refractivity (Wildman–Crippen MR) is 92.6 cm³/mol. The number of hydrogen-bond acceptors (Lipinski definition) is 4. The molecule has 2 rings (SSSR count). The molecule has 1 aromatic heterocycles. The van der Waals surface area contributed by atoms with Gasteiger partial charge in [-0.3, -0.25) is 5.10 Å². The first-order valence-corrected chi connectivity index (χ1v) is 8.17. The molecule has 0 aliphatic rings. The molecular weight excluding hydrogens is 290 g/mol. The zero-order valence-corrected chi connectivity index (χ0v) is 14.3. The highest BCUT2D eigenvalue weighted by Crippen LogP contribution is 2.24. The van der Waals surface area contributed by atoms with Gasteiger partial charge in [0.05, 0.1) is 18.5 Å². The molecule has 1 heterocycles. The maximum atomic E-state index is 5.60. The molecule has 5 nitrogen and oxygen atoms in total. The summed E-state index contributed by atoms with van der Waals surface area (Å²) in [5.41, 5.74) is 3.42. The van der Waals surface area contributed by atoms with Crippen molar-refractivity contribution in [1.82, 2.24) is 15.1 Å². The van der Waals surface area contributed by atoms with Crippen LogP contribution in [0, 0.1) is 0 Å². The maximum Gasteiger partial charge on any atom is 0.119 e. The van der Waals surface area contributed by atoms with Gasteiger partial charge in [-0.05, 0) is 44.3 Å². The second-order valence-corrected chi connectivity index (χ2v) is 5.73. The van der Waals surface area contributed by atoms with Crippen molar-refractivity contribution in [2.24, 2.45) is 0 Å². The summed E-state index contributed by atoms with van der Waals surface area (Å²) in [6.07, 6.45) is 4.35. The Morgan fingerprint density at radius 1 is 1.17 bits per heavy atom. The summed E-state index contributed by atoms with van der Waals surface area (Å²) in [6.45, 7) is 5.38. The number of benzene rings is 1. The minimum absolute atomic E-state index is 0.563. The van der Waals surface area contributed by atoms with E-state index in [0.717, 1.165) is 30.1 Å². The van der Waals surface area contributed by atoms with E-state index >= 15 is 0 Å². The Bertz CT molecular complexity index is 566. The van der Waals surface area contributed by atoms with Gasteiger partial charge in [-0.2, -0.15) is 5.10 Å². The molecule has 0 spiro atoms. The minimum Gasteiger partial charge on any atom is -0.491 e. The van der Waals surface area contributed by atoms with Crippen LogP contribution in [0.4, 0.5) is 0 Å². The number of nitrogens with one attached hydrogen (secondary N) is 1. The third-order valence-electron chi connectivity index (χ3n) is 3.75. The van der Waals surface area contributed by atoms with E-state index in [1.807, 2.05) is 18.3 Å². The van der Waals surface area contributed by atoms with Crippen molar-refractivity contribution in [2.75, 3.05) is 33.9 Å². The van der Waals surface area contributed by atoms with Crippen LogP contribution in [-0.2, 0) is 11.3 Å². The molecule has 5 heteroatoms. The second-order valence-electron chi connectivity index (χ2n) is 5.73. The summed E-state index contributed by atoms with van der Waals surface area (Å²) in [5.74, 6) is 0.854. The van der Waals surface area contributed by atoms with E-state index in [-0.39, 0.29) is 0 Å². The van der Waals surface area contributed by atoms with Gasteiger partial charge in [-0.25, -0.2) is 0 Å². The van der Waals surface area contributed by atoms with Crippen LogP contribution in [-0.4, -0.2) is 49.0 Å². The van der Waals surface area contributed by atoms with Gasteiger partial charge < -0.3 is 14.4 Å². The molecule has 1 N–H and O–H groups in total. The van der Waals surface area contributed by atoms with Crippen LogP contribution in [0.1, 0.15) is 25.3 Å². The number of H-pyrrole nitrogens is 1. The Balaban J connectivity index is 2.00. The molecule has 2 aromatic rings. The molecular formula is C18H27N3O2. The average molecular weight is 317 g/mol. The van der Waals surface area contributed by atoms with E-state index in [1.165, 1.54) is 18.4 Å². The van der Waals surface area contributed by atoms with E-state index < -0.39 is 0 Å². The molecule has 0 saturated carbocycles. The maximum absolute atomic E-state index is 5.60. The van der Waals surface area contributed by atoms with Crippen LogP contribution in [0.2, 0.25) is 0 Å². The van der Waals surface area contributed by atoms with E-state index in [0.29, 0.717) is 13.2 Å². The van der Waals surface area contributed by atoms with Gasteiger partial charge in [0.25, 0.3) is 0 Å². The van der Waals surface area contributed by atoms with E-state index in [9.17, 15) is 0 Å². The van der Waals surface area contributed by atoms with Crippen LogP contribution < -0.4 is 4.74 Å². The first kappa shape index (κ1) is 17.5. The third kappa shape index (κ3) is 5.37. The first-order chi connectivity index (χ1) is 11.2. The van der Waals surface area contributed by atoms with Crippen molar-refractivity contribution in [3.05, 3.63) is 36.0 Å². The Labute approximate surface area is 138 Å². The van der Waals surface area contributed by atoms with Crippen molar-refractivity contribution in [2.45, 2.75) is 26.3 Å². The number of aromatic amines is 1. The fourth-order valence-corrected chi connectivity index (χ4v) is 2.44. The first-order valence-electron chi connectivity index (χ1n) is 8.17. The standard InChI is InChI=1S/C18H27N3O2/c1-4-5-10-21(2)14-16-13-19-20-18(16)15-6-8-17(9-7-15)23-12-11-22-3/h6-9,13H,4-5,10-12,14H2,1-3H3,(H,19,20). The van der Waals surface area contributed by atoms with Gasteiger partial charge in [0, 0.05) is 24.8 Å². The Hall–Kier alpha value is -1.85. The quantitative estimate of drug-likeness (QED) is 0.683. The van der Waals surface area contributed by atoms with Gasteiger partial charge >= 0.3 is 0 Å². The number of hydrogen-bond donors (Lipinski definition) is 1. The third-order valence-corrected chi connectivity index (χ3v) is 3.75. The number of methoxy groups -OCH3 is 1. The molecule has 0 radical (unpaired) electrons. The summed E-state index contributed by atoms with van der Waals surface area (Å²) in [4.78, 5) is 2.33. The molecule has 0 fully saturated rings. The summed E-state index contributed by atoms with van der Waals surface area (Å²) >= 11 is 0. The Morgan fingerprint density at radius 2 is 1.96 bits per heavy atom. The van der Waals surface area contributed by atoms with Crippen molar-refractivity contribution in [1.29, 1.82) is 0 Å². The lowest BCUT2D eigenvalue weighted by Gasteiger charge is -2.16. The zero-order chi connectivity index (χ0) is 16.5. The van der Waals surface area contributed by atoms with Crippen LogP contribution in [0.5, 0.6) is 5.75 Å². The lowest BCUT2D eigenvalue weighted by molar-refractivity contribution is 0.146. The molecule has 126 valence electrons. The largest absolute Gasteiger partial charge is 0.491 e. The van der Waals surface area contributed by atoms with Gasteiger partial charge in [0.1, 0.15) is 12.4 Å². The number of rotatable bonds is 10. The highest BCUT2D eigenvalue weighted by Gasteiger charge is 2.10. The fraction of sp³-hybridized carbons (Fsp3) is 0.500. The minimum atomic E-state index is 0.563. The summed E-state index contributed by atoms with van der Waals surface area (Å²) in [6, 6.07) is 8.09. The second kappa shape index (κ2) is 9.33. The van der Waals surface area contributed by atoms with Crippen LogP contribution in [0.3, 0.4) is 0 Å². The highest BCUT2D eigenvalue weighted by atomic mass is 16.5. The van der Waals surface area contributed by atoms with Crippen LogP contribution >= 0.6 is 0 Å². The van der Waals surface area contributed by atoms with E-state index in [4.69, 9.17) is 9.47 Å². The topological polar surface area (TPSA) is 50.4 Å². The van der Waals surface area contributed by atoms with Gasteiger partial charge in [-0.15, -0.1) is 0 Å². The van der Waals surface area contributed by atoms with Crippen molar-refractivity contribution in [3.63, 3.8) is 0 Å². The van der Waals surface area contributed by atoms with Crippen molar-refractivity contribution >= 4 is 0 Å². The number of nitrogens with zero attached hydrogens (tertiary/aromatic N) is 2. The van der Waals surface area contributed by atoms with Crippen LogP contribution in [0.15, 0.2) is 30.5 Å². The Morgan fingerprint density at radius 3 is 2.65 bits per heavy atom. The molecule has 0 bridgehead atoms. The summed E-state index contributed by atoms with van der Waals surface area (Å²) < 4.78 is 10.6.